The summed E-state index contributed by atoms with van der Waals surface area (Å²) in [7, 11) is -2.06. The zero-order valence-corrected chi connectivity index (χ0v) is 31.4. The fraction of sp³-hybridized carbons (Fsp3) is 0.771. The summed E-state index contributed by atoms with van der Waals surface area (Å²) >= 11 is 0. The quantitative estimate of drug-likeness (QED) is 0.167. The van der Waals surface area contributed by atoms with E-state index in [2.05, 4.69) is 85.6 Å². The van der Waals surface area contributed by atoms with E-state index in [1.54, 1.807) is 7.11 Å². The first kappa shape index (κ1) is 35.6. The minimum Gasteiger partial charge on any atom is -0.497 e. The standard InChI is InChI=1S/C35H60O7Si2/c1-33(2,3)44(10,11)38-24-28-14-12-15-29-30(39-28)22-32-34(4,41-29)25-35(5,42-43(7,8)9)31(40-32)16-13-21-37-23-26-17-19-27(36-6)20-18-26/h14,17-20,29-32H,12-13,15-16,21-25H2,1-11H3/t29-,30+,31+,32-,34+,35-/m1/s1. The lowest BCUT2D eigenvalue weighted by molar-refractivity contribution is -0.304. The number of hydrogen-bond donors (Lipinski definition) is 0. The summed E-state index contributed by atoms with van der Waals surface area (Å²) in [6.45, 7) is 24.5. The van der Waals surface area contributed by atoms with Crippen LogP contribution in [0.5, 0.6) is 5.75 Å². The van der Waals surface area contributed by atoms with Gasteiger partial charge in [-0.3, -0.25) is 0 Å². The third-order valence-electron chi connectivity index (χ3n) is 9.90. The Morgan fingerprint density at radius 3 is 2.32 bits per heavy atom. The third-order valence-corrected chi connectivity index (χ3v) is 15.5. The molecule has 9 heteroatoms. The van der Waals surface area contributed by atoms with Gasteiger partial charge in [-0.15, -0.1) is 0 Å². The number of methoxy groups -OCH3 is 1. The Bertz CT molecular complexity index is 1110. The highest BCUT2D eigenvalue weighted by Crippen LogP contribution is 2.49. The molecule has 0 aliphatic carbocycles. The van der Waals surface area contributed by atoms with Crippen LogP contribution < -0.4 is 4.74 Å². The number of benzene rings is 1. The molecule has 1 aromatic rings. The number of rotatable bonds is 12. The molecule has 3 aliphatic heterocycles. The molecule has 1 aromatic carbocycles. The molecule has 0 saturated carbocycles. The van der Waals surface area contributed by atoms with Crippen LogP contribution in [0.4, 0.5) is 0 Å². The van der Waals surface area contributed by atoms with Gasteiger partial charge in [-0.2, -0.15) is 0 Å². The minimum atomic E-state index is -1.88. The minimum absolute atomic E-state index is 0.0282. The maximum Gasteiger partial charge on any atom is 0.192 e. The van der Waals surface area contributed by atoms with Gasteiger partial charge in [0.15, 0.2) is 16.6 Å². The summed E-state index contributed by atoms with van der Waals surface area (Å²) in [4.78, 5) is 0. The molecule has 3 aliphatic rings. The lowest BCUT2D eigenvalue weighted by Gasteiger charge is -2.58. The Hall–Kier alpha value is -1.21. The molecular formula is C35H60O7Si2. The first-order valence-electron chi connectivity index (χ1n) is 16.7. The highest BCUT2D eigenvalue weighted by Gasteiger charge is 2.58. The van der Waals surface area contributed by atoms with Crippen molar-refractivity contribution in [1.82, 2.24) is 0 Å². The maximum absolute atomic E-state index is 7.01. The van der Waals surface area contributed by atoms with Gasteiger partial charge in [-0.05, 0) is 101 Å². The molecule has 0 bridgehead atoms. The normalized spacial score (nSPS) is 31.3. The van der Waals surface area contributed by atoms with Crippen LogP contribution in [0.1, 0.15) is 78.7 Å². The molecular weight excluding hydrogens is 589 g/mol. The molecule has 0 N–H and O–H groups in total. The topological polar surface area (TPSA) is 64.6 Å². The monoisotopic (exact) mass is 648 g/mol. The van der Waals surface area contributed by atoms with E-state index in [0.717, 1.165) is 55.6 Å². The molecule has 7 nitrogen and oxygen atoms in total. The van der Waals surface area contributed by atoms with Crippen molar-refractivity contribution in [3.8, 4) is 5.75 Å². The van der Waals surface area contributed by atoms with Crippen LogP contribution in [0.15, 0.2) is 36.1 Å². The second-order valence-corrected chi connectivity index (χ2v) is 25.3. The maximum atomic E-state index is 7.01. The second-order valence-electron chi connectivity index (χ2n) is 16.0. The number of ether oxygens (including phenoxy) is 5. The Morgan fingerprint density at radius 2 is 1.68 bits per heavy atom. The van der Waals surface area contributed by atoms with Crippen LogP contribution in [0.25, 0.3) is 0 Å². The fourth-order valence-corrected chi connectivity index (χ4v) is 9.19. The number of fused-ring (bicyclic) bond motifs is 2. The lowest BCUT2D eigenvalue weighted by atomic mass is 9.74. The molecule has 0 unspecified atom stereocenters. The van der Waals surface area contributed by atoms with E-state index in [-0.39, 0.29) is 29.5 Å². The molecule has 0 radical (unpaired) electrons. The first-order chi connectivity index (χ1) is 20.4. The van der Waals surface area contributed by atoms with Gasteiger partial charge in [-0.25, -0.2) is 0 Å². The van der Waals surface area contributed by atoms with Crippen molar-refractivity contribution in [2.24, 2.45) is 0 Å². The van der Waals surface area contributed by atoms with Gasteiger partial charge >= 0.3 is 0 Å². The van der Waals surface area contributed by atoms with Gasteiger partial charge in [0.05, 0.1) is 49.8 Å². The summed E-state index contributed by atoms with van der Waals surface area (Å²) < 4.78 is 45.4. The fourth-order valence-electron chi connectivity index (χ4n) is 6.66. The molecule has 4 rings (SSSR count). The molecule has 3 heterocycles. The molecule has 6 atom stereocenters. The van der Waals surface area contributed by atoms with E-state index in [1.165, 1.54) is 0 Å². The Kier molecular flexibility index (Phi) is 11.2. The van der Waals surface area contributed by atoms with Gasteiger partial charge in [0, 0.05) is 19.4 Å². The highest BCUT2D eigenvalue weighted by molar-refractivity contribution is 6.74. The van der Waals surface area contributed by atoms with Crippen LogP contribution in [0, 0.1) is 0 Å². The average molecular weight is 649 g/mol. The van der Waals surface area contributed by atoms with Crippen molar-refractivity contribution < 1.29 is 32.5 Å². The Morgan fingerprint density at radius 1 is 0.977 bits per heavy atom. The first-order valence-corrected chi connectivity index (χ1v) is 23.0. The Balaban J connectivity index is 1.39. The van der Waals surface area contributed by atoms with E-state index in [1.807, 2.05) is 12.1 Å². The average Bonchev–Trinajstić information content (AvgIpc) is 3.10. The highest BCUT2D eigenvalue weighted by atomic mass is 28.4. The lowest BCUT2D eigenvalue weighted by Crippen LogP contribution is -2.67. The third kappa shape index (κ3) is 8.98. The molecule has 44 heavy (non-hydrogen) atoms. The van der Waals surface area contributed by atoms with Gasteiger partial charge in [0.25, 0.3) is 0 Å². The van der Waals surface area contributed by atoms with E-state index in [9.17, 15) is 0 Å². The molecule has 250 valence electrons. The van der Waals surface area contributed by atoms with E-state index < -0.39 is 27.8 Å². The van der Waals surface area contributed by atoms with Crippen LogP contribution >= 0.6 is 0 Å². The summed E-state index contributed by atoms with van der Waals surface area (Å²) in [6, 6.07) is 8.04. The van der Waals surface area contributed by atoms with Crippen molar-refractivity contribution in [3.05, 3.63) is 41.7 Å². The van der Waals surface area contributed by atoms with Crippen LogP contribution in [-0.2, 0) is 34.4 Å². The SMILES string of the molecule is COc1ccc(COCCC[C@@H]2O[C@@H]3C[C@@H]4OC(CO[Si](C)(C)C(C)(C)C)=CCC[C@H]4O[C@@]3(C)C[C@@]2(C)O[Si](C)(C)C)cc1. The predicted molar refractivity (Wildman–Crippen MR) is 181 cm³/mol. The van der Waals surface area contributed by atoms with Crippen molar-refractivity contribution >= 4 is 16.6 Å². The van der Waals surface area contributed by atoms with Crippen molar-refractivity contribution in [2.75, 3.05) is 20.3 Å². The molecule has 2 saturated heterocycles. The van der Waals surface area contributed by atoms with Gasteiger partial charge < -0.3 is 32.5 Å². The number of allylic oxidation sites excluding steroid dienone is 1. The van der Waals surface area contributed by atoms with E-state index >= 15 is 0 Å². The van der Waals surface area contributed by atoms with Crippen LogP contribution in [0.3, 0.4) is 0 Å². The molecule has 2 fully saturated rings. The van der Waals surface area contributed by atoms with Crippen molar-refractivity contribution in [2.45, 2.75) is 153 Å². The molecule has 0 aromatic heterocycles. The van der Waals surface area contributed by atoms with E-state index in [4.69, 9.17) is 32.5 Å². The van der Waals surface area contributed by atoms with Crippen LogP contribution in [0.2, 0.25) is 37.8 Å². The summed E-state index contributed by atoms with van der Waals surface area (Å²) in [5.41, 5.74) is 0.287. The zero-order chi connectivity index (χ0) is 32.4. The molecule has 0 spiro atoms. The van der Waals surface area contributed by atoms with Crippen LogP contribution in [-0.4, -0.2) is 72.6 Å². The largest absolute Gasteiger partial charge is 0.497 e. The summed E-state index contributed by atoms with van der Waals surface area (Å²) in [5, 5.41) is 0.160. The Labute approximate surface area is 269 Å². The second kappa shape index (κ2) is 13.9. The summed E-state index contributed by atoms with van der Waals surface area (Å²) in [5.74, 6) is 1.80. The molecule has 0 amide bonds. The number of hydrogen-bond acceptors (Lipinski definition) is 7. The smallest absolute Gasteiger partial charge is 0.192 e. The zero-order valence-electron chi connectivity index (χ0n) is 29.4. The van der Waals surface area contributed by atoms with Gasteiger partial charge in [-0.1, -0.05) is 32.9 Å². The van der Waals surface area contributed by atoms with Gasteiger partial charge in [0.2, 0.25) is 0 Å². The van der Waals surface area contributed by atoms with Crippen molar-refractivity contribution in [3.63, 3.8) is 0 Å². The summed E-state index contributed by atoms with van der Waals surface area (Å²) in [6.07, 6.45) is 7.37. The van der Waals surface area contributed by atoms with E-state index in [0.29, 0.717) is 19.8 Å². The van der Waals surface area contributed by atoms with Crippen molar-refractivity contribution in [1.29, 1.82) is 0 Å². The van der Waals surface area contributed by atoms with Gasteiger partial charge in [0.1, 0.15) is 17.6 Å². The predicted octanol–water partition coefficient (Wildman–Crippen LogP) is 8.39.